The maximum Gasteiger partial charge on any atom is 0.325 e. The van der Waals surface area contributed by atoms with E-state index in [-0.39, 0.29) is 18.4 Å². The number of nitrogens with zero attached hydrogens (tertiary/aromatic N) is 2. The smallest absolute Gasteiger partial charge is 0.325 e. The second kappa shape index (κ2) is 8.45. The van der Waals surface area contributed by atoms with E-state index in [0.717, 1.165) is 15.1 Å². The lowest BCUT2D eigenvalue weighted by molar-refractivity contribution is -0.141. The summed E-state index contributed by atoms with van der Waals surface area (Å²) in [6, 6.07) is 9.95. The number of ether oxygens (including phenoxy) is 1. The van der Waals surface area contributed by atoms with Crippen molar-refractivity contribution in [2.45, 2.75) is 26.3 Å². The number of hydrogen-bond acceptors (Lipinski definition) is 5. The molecule has 0 unspecified atom stereocenters. The fraction of sp³-hybridized carbons (Fsp3) is 0.250. The average Bonchev–Trinajstić information content (AvgIpc) is 3.28. The van der Waals surface area contributed by atoms with Crippen molar-refractivity contribution in [2.24, 2.45) is 4.99 Å². The predicted octanol–water partition coefficient (Wildman–Crippen LogP) is 4.20. The highest BCUT2D eigenvalue weighted by atomic mass is 32.1. The number of fused-ring (bicyclic) bond motifs is 1. The Morgan fingerprint density at radius 2 is 2.11 bits per heavy atom. The molecule has 3 aromatic rings. The van der Waals surface area contributed by atoms with Crippen molar-refractivity contribution >= 4 is 50.8 Å². The quantitative estimate of drug-likeness (QED) is 0.476. The van der Waals surface area contributed by atoms with Crippen LogP contribution in [0.4, 0.5) is 0 Å². The number of benzene rings is 1. The van der Waals surface area contributed by atoms with Gasteiger partial charge in [0, 0.05) is 11.0 Å². The van der Waals surface area contributed by atoms with Crippen molar-refractivity contribution in [3.63, 3.8) is 0 Å². The number of carbonyl (C=O) groups is 2. The number of hydrogen-bond donors (Lipinski definition) is 0. The van der Waals surface area contributed by atoms with Gasteiger partial charge in [-0.05, 0) is 41.1 Å². The molecule has 0 spiro atoms. The maximum absolute atomic E-state index is 12.3. The molecule has 0 radical (unpaired) electrons. The summed E-state index contributed by atoms with van der Waals surface area (Å²) < 4.78 is 7.51. The summed E-state index contributed by atoms with van der Waals surface area (Å²) in [4.78, 5) is 29.8. The summed E-state index contributed by atoms with van der Waals surface area (Å²) in [7, 11) is 1.35. The molecule has 5 nitrogen and oxygen atoms in total. The van der Waals surface area contributed by atoms with Crippen LogP contribution in [0, 0.1) is 0 Å². The van der Waals surface area contributed by atoms with Gasteiger partial charge in [0.25, 0.3) is 5.91 Å². The van der Waals surface area contributed by atoms with E-state index in [2.05, 4.69) is 24.9 Å². The first-order valence-electron chi connectivity index (χ1n) is 8.48. The molecule has 0 atom stereocenters. The van der Waals surface area contributed by atoms with Gasteiger partial charge in [-0.2, -0.15) is 4.99 Å². The lowest BCUT2D eigenvalue weighted by atomic mass is 10.0. The third kappa shape index (κ3) is 4.61. The predicted molar refractivity (Wildman–Crippen MR) is 110 cm³/mol. The van der Waals surface area contributed by atoms with Gasteiger partial charge in [0.15, 0.2) is 4.80 Å². The summed E-state index contributed by atoms with van der Waals surface area (Å²) in [5.41, 5.74) is 2.06. The lowest BCUT2D eigenvalue weighted by Crippen LogP contribution is -2.22. The van der Waals surface area contributed by atoms with Gasteiger partial charge in [0.05, 0.1) is 17.3 Å². The molecule has 0 aliphatic carbocycles. The number of thiazole rings is 1. The van der Waals surface area contributed by atoms with Crippen LogP contribution in [0.5, 0.6) is 0 Å². The SMILES string of the molecule is COC(=O)Cn1c(=NC(=O)/C=C/c2cccs2)sc2cc(C(C)C)ccc21. The molecule has 1 aromatic carbocycles. The van der Waals surface area contributed by atoms with Gasteiger partial charge >= 0.3 is 5.97 Å². The van der Waals surface area contributed by atoms with Crippen LogP contribution < -0.4 is 4.80 Å². The number of amides is 1. The van der Waals surface area contributed by atoms with Crippen LogP contribution >= 0.6 is 22.7 Å². The largest absolute Gasteiger partial charge is 0.468 e. The van der Waals surface area contributed by atoms with Crippen LogP contribution in [0.1, 0.15) is 30.2 Å². The van der Waals surface area contributed by atoms with Crippen LogP contribution in [0.25, 0.3) is 16.3 Å². The Labute approximate surface area is 165 Å². The van der Waals surface area contributed by atoms with Crippen molar-refractivity contribution in [3.05, 3.63) is 57.0 Å². The second-order valence-corrected chi connectivity index (χ2v) is 8.22. The summed E-state index contributed by atoms with van der Waals surface area (Å²) in [6.07, 6.45) is 3.18. The fourth-order valence-electron chi connectivity index (χ4n) is 2.55. The van der Waals surface area contributed by atoms with Crippen molar-refractivity contribution in [1.29, 1.82) is 0 Å². The van der Waals surface area contributed by atoms with Gasteiger partial charge in [0.2, 0.25) is 0 Å². The summed E-state index contributed by atoms with van der Waals surface area (Å²) >= 11 is 2.95. The van der Waals surface area contributed by atoms with Gasteiger partial charge in [-0.15, -0.1) is 11.3 Å². The fourth-order valence-corrected chi connectivity index (χ4v) is 4.25. The van der Waals surface area contributed by atoms with Gasteiger partial charge in [-0.25, -0.2) is 0 Å². The van der Waals surface area contributed by atoms with Crippen LogP contribution in [-0.4, -0.2) is 23.6 Å². The Hall–Kier alpha value is -2.51. The highest BCUT2D eigenvalue weighted by Crippen LogP contribution is 2.23. The third-order valence-electron chi connectivity index (χ3n) is 4.03. The molecule has 0 saturated heterocycles. The maximum atomic E-state index is 12.3. The Balaban J connectivity index is 2.04. The van der Waals surface area contributed by atoms with Gasteiger partial charge < -0.3 is 9.30 Å². The number of thiophene rings is 1. The van der Waals surface area contributed by atoms with Crippen molar-refractivity contribution in [2.75, 3.05) is 7.11 Å². The van der Waals surface area contributed by atoms with E-state index in [4.69, 9.17) is 4.74 Å². The van der Waals surface area contributed by atoms with Crippen LogP contribution in [0.15, 0.2) is 46.8 Å². The number of aromatic nitrogens is 1. The molecule has 3 rings (SSSR count). The monoisotopic (exact) mass is 400 g/mol. The van der Waals surface area contributed by atoms with Crippen molar-refractivity contribution in [3.8, 4) is 0 Å². The topological polar surface area (TPSA) is 60.7 Å². The molecule has 0 aliphatic heterocycles. The second-order valence-electron chi connectivity index (χ2n) is 6.23. The highest BCUT2D eigenvalue weighted by Gasteiger charge is 2.12. The van der Waals surface area contributed by atoms with Gasteiger partial charge in [-0.3, -0.25) is 9.59 Å². The molecule has 0 fully saturated rings. The van der Waals surface area contributed by atoms with E-state index in [9.17, 15) is 9.59 Å². The van der Waals surface area contributed by atoms with E-state index < -0.39 is 0 Å². The van der Waals surface area contributed by atoms with Gasteiger partial charge in [0.1, 0.15) is 6.54 Å². The summed E-state index contributed by atoms with van der Waals surface area (Å²) in [5, 5.41) is 1.95. The molecule has 2 aromatic heterocycles. The zero-order valence-corrected chi connectivity index (χ0v) is 17.0. The molecule has 0 aliphatic rings. The van der Waals surface area contributed by atoms with Crippen LogP contribution in [-0.2, 0) is 20.9 Å². The summed E-state index contributed by atoms with van der Waals surface area (Å²) in [6.45, 7) is 4.27. The van der Waals surface area contributed by atoms with Crippen molar-refractivity contribution in [1.82, 2.24) is 4.57 Å². The summed E-state index contributed by atoms with van der Waals surface area (Å²) in [5.74, 6) is -0.357. The van der Waals surface area contributed by atoms with Crippen LogP contribution in [0.3, 0.4) is 0 Å². The molecule has 27 heavy (non-hydrogen) atoms. The molecule has 2 heterocycles. The van der Waals surface area contributed by atoms with Gasteiger partial charge in [-0.1, -0.05) is 37.3 Å². The number of esters is 1. The Bertz CT molecular complexity index is 1060. The average molecular weight is 401 g/mol. The minimum Gasteiger partial charge on any atom is -0.468 e. The van der Waals surface area contributed by atoms with E-state index in [1.54, 1.807) is 22.0 Å². The molecule has 140 valence electrons. The molecule has 1 amide bonds. The third-order valence-corrected chi connectivity index (χ3v) is 5.91. The normalized spacial score (nSPS) is 12.4. The van der Waals surface area contributed by atoms with E-state index in [0.29, 0.717) is 10.7 Å². The van der Waals surface area contributed by atoms with Crippen molar-refractivity contribution < 1.29 is 14.3 Å². The first-order valence-corrected chi connectivity index (χ1v) is 10.2. The van der Waals surface area contributed by atoms with Crippen LogP contribution in [0.2, 0.25) is 0 Å². The first kappa shape index (κ1) is 19.3. The minimum absolute atomic E-state index is 0.0122. The minimum atomic E-state index is -0.384. The Morgan fingerprint density at radius 3 is 2.78 bits per heavy atom. The highest BCUT2D eigenvalue weighted by molar-refractivity contribution is 7.16. The number of rotatable bonds is 5. The van der Waals surface area contributed by atoms with E-state index >= 15 is 0 Å². The molecule has 0 saturated carbocycles. The molecular weight excluding hydrogens is 380 g/mol. The molecule has 7 heteroatoms. The lowest BCUT2D eigenvalue weighted by Gasteiger charge is -2.06. The van der Waals surface area contributed by atoms with E-state index in [1.807, 2.05) is 29.6 Å². The molecule has 0 N–H and O–H groups in total. The Morgan fingerprint density at radius 1 is 1.30 bits per heavy atom. The Kier molecular flexibility index (Phi) is 6.03. The number of carbonyl (C=O) groups excluding carboxylic acids is 2. The van der Waals surface area contributed by atoms with E-state index in [1.165, 1.54) is 30.1 Å². The zero-order valence-electron chi connectivity index (χ0n) is 15.3. The standard InChI is InChI=1S/C20H20N2O3S2/c1-13(2)14-6-8-16-17(11-14)27-20(22(16)12-19(24)25-3)21-18(23)9-7-15-5-4-10-26-15/h4-11,13H,12H2,1-3H3/b9-7+,21-20?. The molecule has 0 bridgehead atoms. The number of methoxy groups -OCH3 is 1. The zero-order chi connectivity index (χ0) is 19.4. The molecular formula is C20H20N2O3S2. The first-order chi connectivity index (χ1) is 13.0.